The summed E-state index contributed by atoms with van der Waals surface area (Å²) in [5.41, 5.74) is 10.2. The lowest BCUT2D eigenvalue weighted by molar-refractivity contribution is -0.129. The third kappa shape index (κ3) is 4.11. The number of carboxylic acids is 1. The number of fused-ring (bicyclic) bond motifs is 3. The van der Waals surface area contributed by atoms with E-state index in [1.165, 1.54) is 6.92 Å². The van der Waals surface area contributed by atoms with Crippen LogP contribution in [-0.4, -0.2) is 82.4 Å². The lowest BCUT2D eigenvalue weighted by Gasteiger charge is -2.43. The van der Waals surface area contributed by atoms with Gasteiger partial charge in [0.15, 0.2) is 0 Å². The lowest BCUT2D eigenvalue weighted by Crippen LogP contribution is -2.64. The van der Waals surface area contributed by atoms with Crippen molar-refractivity contribution in [3.63, 3.8) is 0 Å². The molecule has 8 N–H and O–H groups in total. The number of amides is 2. The van der Waals surface area contributed by atoms with Crippen LogP contribution in [0.1, 0.15) is 35.2 Å². The van der Waals surface area contributed by atoms with Crippen LogP contribution in [0, 0.1) is 0 Å². The Morgan fingerprint density at radius 1 is 1.34 bits per heavy atom. The summed E-state index contributed by atoms with van der Waals surface area (Å²) < 4.78 is 11.1. The number of ether oxygens (including phenoxy) is 1. The molecule has 0 bridgehead atoms. The number of hydrogen-bond acceptors (Lipinski definition) is 9. The summed E-state index contributed by atoms with van der Waals surface area (Å²) in [6.07, 6.45) is 0.174. The van der Waals surface area contributed by atoms with E-state index >= 15 is 0 Å². The van der Waals surface area contributed by atoms with Gasteiger partial charge in [-0.2, -0.15) is 0 Å². The maximum Gasteiger partial charge on any atom is 0.434 e. The number of hydrogen-bond donors (Lipinski definition) is 6. The van der Waals surface area contributed by atoms with Crippen LogP contribution in [0.4, 0.5) is 0 Å². The van der Waals surface area contributed by atoms with Crippen molar-refractivity contribution in [3.05, 3.63) is 23.3 Å². The number of carbonyl (C=O) groups excluding carboxylic acids is 2. The molecule has 174 valence electrons. The third-order valence-electron chi connectivity index (χ3n) is 6.16. The molecular weight excluding hydrogens is 423 g/mol. The Morgan fingerprint density at radius 2 is 2.03 bits per heavy atom. The van der Waals surface area contributed by atoms with E-state index in [-0.39, 0.29) is 42.2 Å². The van der Waals surface area contributed by atoms with Crippen LogP contribution < -0.4 is 26.2 Å². The highest BCUT2D eigenvalue weighted by Crippen LogP contribution is 2.63. The molecule has 2 fully saturated rings. The van der Waals surface area contributed by atoms with Gasteiger partial charge >= 0.3 is 12.7 Å². The zero-order chi connectivity index (χ0) is 23.4. The fraction of sp³-hybridized carbons (Fsp3) is 0.526. The number of nitrogens with two attached hydrogens (primary N) is 2. The summed E-state index contributed by atoms with van der Waals surface area (Å²) in [5, 5.41) is 32.3. The first-order chi connectivity index (χ1) is 14.9. The van der Waals surface area contributed by atoms with E-state index in [2.05, 4.69) is 5.32 Å². The van der Waals surface area contributed by atoms with Gasteiger partial charge in [-0.05, 0) is 24.5 Å². The summed E-state index contributed by atoms with van der Waals surface area (Å²) in [5.74, 6) is -3.02. The molecule has 2 heterocycles. The highest BCUT2D eigenvalue weighted by Gasteiger charge is 2.55. The van der Waals surface area contributed by atoms with Crippen molar-refractivity contribution in [1.29, 1.82) is 0 Å². The fourth-order valence-corrected chi connectivity index (χ4v) is 4.42. The van der Waals surface area contributed by atoms with Crippen molar-refractivity contribution < 1.29 is 38.9 Å². The van der Waals surface area contributed by atoms with Crippen LogP contribution in [0.15, 0.2) is 12.1 Å². The van der Waals surface area contributed by atoms with Gasteiger partial charge in [-0.3, -0.25) is 14.5 Å². The number of carboxylic acid groups (broad SMARTS) is 1. The van der Waals surface area contributed by atoms with Crippen molar-refractivity contribution >= 4 is 24.5 Å². The molecule has 1 aromatic rings. The minimum Gasteiger partial charge on any atom is -0.669 e. The predicted octanol–water partition coefficient (Wildman–Crippen LogP) is -2.06. The minimum atomic E-state index is -3.11. The maximum atomic E-state index is 12.1. The summed E-state index contributed by atoms with van der Waals surface area (Å²) in [4.78, 5) is 36.7. The van der Waals surface area contributed by atoms with Crippen LogP contribution in [-0.2, 0) is 9.59 Å². The van der Waals surface area contributed by atoms with Gasteiger partial charge in [0.2, 0.25) is 11.8 Å². The molecule has 0 spiro atoms. The SMILES string of the molecule is C[C@](N)(CN1CC(Oc2ccc3c(c2C(=O)O)O[B-](O)(O)[C@H]2C[C@@H]32)C1)C(=O)NCC(N)=O. The Hall–Kier alpha value is -2.87. The molecule has 2 aliphatic heterocycles. The van der Waals surface area contributed by atoms with Gasteiger partial charge < -0.3 is 41.3 Å². The molecule has 0 unspecified atom stereocenters. The molecule has 1 aromatic carbocycles. The second kappa shape index (κ2) is 7.62. The molecule has 1 saturated heterocycles. The Bertz CT molecular complexity index is 978. The molecule has 2 amide bonds. The maximum absolute atomic E-state index is 12.1. The molecule has 0 radical (unpaired) electrons. The Labute approximate surface area is 183 Å². The van der Waals surface area contributed by atoms with Crippen molar-refractivity contribution in [2.24, 2.45) is 11.5 Å². The Balaban J connectivity index is 1.40. The fourth-order valence-electron chi connectivity index (χ4n) is 4.42. The van der Waals surface area contributed by atoms with E-state index in [1.54, 1.807) is 12.1 Å². The number of nitrogens with one attached hydrogen (secondary N) is 1. The highest BCUT2D eigenvalue weighted by atomic mass is 16.6. The summed E-state index contributed by atoms with van der Waals surface area (Å²) >= 11 is 0. The highest BCUT2D eigenvalue weighted by molar-refractivity contribution is 6.62. The van der Waals surface area contributed by atoms with Crippen molar-refractivity contribution in [1.82, 2.24) is 10.2 Å². The first-order valence-corrected chi connectivity index (χ1v) is 10.3. The van der Waals surface area contributed by atoms with Gasteiger partial charge in [0.1, 0.15) is 23.0 Å². The standard InChI is InChI=1S/C19H26BN4O8/c1-19(22,18(28)23-5-14(21)25)8-24-6-9(7-24)31-13-3-2-10-11-4-12(11)20(29,30)32-16(10)15(13)17(26)27/h2-3,9,11-12,29-30H,4-8,22H2,1H3,(H2,21,25)(H,23,28)(H,26,27)/q-1/t11-,12-,19-/m0/s1. The average Bonchev–Trinajstić information content (AvgIpc) is 3.45. The lowest BCUT2D eigenvalue weighted by atomic mass is 9.68. The van der Waals surface area contributed by atoms with Gasteiger partial charge in [0.25, 0.3) is 0 Å². The van der Waals surface area contributed by atoms with Gasteiger partial charge in [0, 0.05) is 19.6 Å². The molecule has 1 saturated carbocycles. The molecule has 3 atom stereocenters. The van der Waals surface area contributed by atoms with E-state index in [0.717, 1.165) is 0 Å². The molecule has 4 rings (SSSR count). The predicted molar refractivity (Wildman–Crippen MR) is 111 cm³/mol. The second-order valence-corrected chi connectivity index (χ2v) is 9.05. The summed E-state index contributed by atoms with van der Waals surface area (Å²) in [6.45, 7) is -0.903. The Morgan fingerprint density at radius 3 is 2.66 bits per heavy atom. The first kappa shape index (κ1) is 22.3. The van der Waals surface area contributed by atoms with E-state index in [9.17, 15) is 29.5 Å². The zero-order valence-corrected chi connectivity index (χ0v) is 17.5. The number of benzene rings is 1. The molecule has 12 nitrogen and oxygen atoms in total. The quantitative estimate of drug-likeness (QED) is 0.240. The summed E-state index contributed by atoms with van der Waals surface area (Å²) in [6, 6.07) is 3.26. The van der Waals surface area contributed by atoms with E-state index < -0.39 is 35.9 Å². The van der Waals surface area contributed by atoms with Crippen molar-refractivity contribution in [2.45, 2.75) is 36.7 Å². The Kier molecular flexibility index (Phi) is 5.32. The van der Waals surface area contributed by atoms with E-state index in [4.69, 9.17) is 20.9 Å². The number of carbonyl (C=O) groups is 3. The van der Waals surface area contributed by atoms with Crippen LogP contribution >= 0.6 is 0 Å². The first-order valence-electron chi connectivity index (χ1n) is 10.3. The number of rotatable bonds is 8. The third-order valence-corrected chi connectivity index (χ3v) is 6.16. The molecule has 3 aliphatic rings. The smallest absolute Gasteiger partial charge is 0.434 e. The monoisotopic (exact) mass is 449 g/mol. The second-order valence-electron chi connectivity index (χ2n) is 9.05. The van der Waals surface area contributed by atoms with Crippen molar-refractivity contribution in [2.75, 3.05) is 26.2 Å². The molecule has 13 heteroatoms. The van der Waals surface area contributed by atoms with E-state index in [1.807, 2.05) is 4.90 Å². The molecule has 32 heavy (non-hydrogen) atoms. The molecular formula is C19H26BN4O8-. The molecule has 0 aromatic heterocycles. The van der Waals surface area contributed by atoms with E-state index in [0.29, 0.717) is 25.1 Å². The molecule has 1 aliphatic carbocycles. The summed E-state index contributed by atoms with van der Waals surface area (Å²) in [7, 11) is 0. The van der Waals surface area contributed by atoms with Crippen LogP contribution in [0.5, 0.6) is 11.5 Å². The van der Waals surface area contributed by atoms with Gasteiger partial charge in [-0.15, -0.1) is 0 Å². The normalized spacial score (nSPS) is 25.2. The van der Waals surface area contributed by atoms with Crippen molar-refractivity contribution in [3.8, 4) is 11.5 Å². The number of aromatic carboxylic acids is 1. The van der Waals surface area contributed by atoms with Gasteiger partial charge in [-0.25, -0.2) is 4.79 Å². The van der Waals surface area contributed by atoms with Gasteiger partial charge in [-0.1, -0.05) is 18.3 Å². The minimum absolute atomic E-state index is 0.0596. The average molecular weight is 449 g/mol. The number of nitrogens with zero attached hydrogens (tertiary/aromatic N) is 1. The van der Waals surface area contributed by atoms with Crippen LogP contribution in [0.3, 0.4) is 0 Å². The zero-order valence-electron chi connectivity index (χ0n) is 17.5. The topological polar surface area (TPSA) is 198 Å². The number of likely N-dealkylation sites (tertiary alicyclic amines) is 1. The van der Waals surface area contributed by atoms with Crippen LogP contribution in [0.2, 0.25) is 5.82 Å². The van der Waals surface area contributed by atoms with Gasteiger partial charge in [0.05, 0.1) is 12.3 Å². The largest absolute Gasteiger partial charge is 0.669 e. The van der Waals surface area contributed by atoms with Crippen LogP contribution in [0.25, 0.3) is 0 Å². The number of primary amides is 1.